The van der Waals surface area contributed by atoms with Crippen molar-refractivity contribution >= 4 is 40.2 Å². The summed E-state index contributed by atoms with van der Waals surface area (Å²) in [6, 6.07) is 25.9. The lowest BCUT2D eigenvalue weighted by atomic mass is 9.76. The minimum atomic E-state index is -0.277. The van der Waals surface area contributed by atoms with Gasteiger partial charge in [0, 0.05) is 17.8 Å². The number of halogens is 2. The Labute approximate surface area is 254 Å². The van der Waals surface area contributed by atoms with Crippen molar-refractivity contribution < 1.29 is 13.9 Å². The van der Waals surface area contributed by atoms with Gasteiger partial charge in [-0.15, -0.1) is 0 Å². The molecule has 0 amide bonds. The van der Waals surface area contributed by atoms with Crippen molar-refractivity contribution in [3.8, 4) is 11.5 Å². The third kappa shape index (κ3) is 6.03. The molecular weight excluding hydrogens is 626 g/mol. The highest BCUT2D eigenvalue weighted by Gasteiger charge is 2.37. The fourth-order valence-electron chi connectivity index (χ4n) is 5.81. The number of allylic oxidation sites excluding steroid dienone is 2. The van der Waals surface area contributed by atoms with E-state index in [0.29, 0.717) is 29.9 Å². The summed E-state index contributed by atoms with van der Waals surface area (Å²) < 4.78 is 26.4. The van der Waals surface area contributed by atoms with Crippen LogP contribution in [-0.4, -0.2) is 12.8 Å². The zero-order valence-corrected chi connectivity index (χ0v) is 25.3. The van der Waals surface area contributed by atoms with Crippen LogP contribution < -0.4 is 14.8 Å². The van der Waals surface area contributed by atoms with Crippen LogP contribution in [0.15, 0.2) is 96.0 Å². The molecule has 1 aliphatic carbocycles. The smallest absolute Gasteiger partial charge is 0.175 e. The monoisotopic (exact) mass is 658 g/mol. The number of nitrogens with one attached hydrogen (secondary N) is 1. The highest BCUT2D eigenvalue weighted by Crippen LogP contribution is 2.50. The Morgan fingerprint density at radius 2 is 1.88 bits per heavy atom. The zero-order valence-electron chi connectivity index (χ0n) is 23.1. The Morgan fingerprint density at radius 3 is 2.68 bits per heavy atom. The van der Waals surface area contributed by atoms with E-state index in [2.05, 4.69) is 89.4 Å². The lowest BCUT2D eigenvalue weighted by Crippen LogP contribution is -2.29. The quantitative estimate of drug-likeness (QED) is 0.117. The number of aryl methyl sites for hydroxylation is 1. The average molecular weight is 659 g/mol. The fraction of sp³-hybridized carbons (Fsp3) is 0.229. The Kier molecular flexibility index (Phi) is 8.10. The van der Waals surface area contributed by atoms with E-state index in [4.69, 9.17) is 14.5 Å². The second kappa shape index (κ2) is 12.1. The Bertz CT molecular complexity index is 1620. The number of rotatable bonds is 8. The molecule has 3 atom stereocenters. The van der Waals surface area contributed by atoms with Gasteiger partial charge in [0.25, 0.3) is 0 Å². The van der Waals surface area contributed by atoms with E-state index in [-0.39, 0.29) is 18.5 Å². The van der Waals surface area contributed by atoms with Crippen LogP contribution in [0.2, 0.25) is 0 Å². The molecule has 4 aromatic rings. The molecule has 6 heteroatoms. The molecule has 0 aromatic heterocycles. The first-order valence-corrected chi connectivity index (χ1v) is 15.1. The topological polar surface area (TPSA) is 42.8 Å². The van der Waals surface area contributed by atoms with Crippen LogP contribution in [0.4, 0.5) is 15.8 Å². The number of aliphatic imine (C=N–C) groups is 1. The van der Waals surface area contributed by atoms with E-state index in [1.165, 1.54) is 34.5 Å². The summed E-state index contributed by atoms with van der Waals surface area (Å²) in [6.45, 7) is 4.86. The number of hydrogen-bond donors (Lipinski definition) is 1. The number of anilines is 1. The summed E-state index contributed by atoms with van der Waals surface area (Å²) in [5, 5.41) is 3.82. The molecule has 1 N–H and O–H groups in total. The third-order valence-corrected chi connectivity index (χ3v) is 8.54. The number of hydrogen-bond acceptors (Lipinski definition) is 4. The van der Waals surface area contributed by atoms with Gasteiger partial charge in [-0.3, -0.25) is 4.99 Å². The molecule has 0 spiro atoms. The van der Waals surface area contributed by atoms with Crippen molar-refractivity contribution in [1.82, 2.24) is 0 Å². The molecule has 4 nitrogen and oxygen atoms in total. The van der Waals surface area contributed by atoms with Gasteiger partial charge in [0.15, 0.2) is 11.5 Å². The van der Waals surface area contributed by atoms with Gasteiger partial charge in [0.1, 0.15) is 12.4 Å². The van der Waals surface area contributed by atoms with E-state index >= 15 is 0 Å². The summed E-state index contributed by atoms with van der Waals surface area (Å²) in [7, 11) is 0. The largest absolute Gasteiger partial charge is 0.490 e. The second-order valence-electron chi connectivity index (χ2n) is 10.6. The minimum absolute atomic E-state index is 0.256. The highest BCUT2D eigenvalue weighted by atomic mass is 127. The third-order valence-electron chi connectivity index (χ3n) is 7.74. The maximum absolute atomic E-state index is 13.6. The molecule has 0 saturated carbocycles. The SMILES string of the molecule is CCOc1cc(C=Nc2ccc([C@@H]3Nc4ccc(C)cc4[C@@H]4C=CC[C@@H]43)cc2)cc(I)c1OCc1cccc(F)c1. The van der Waals surface area contributed by atoms with Gasteiger partial charge in [-0.25, -0.2) is 4.39 Å². The van der Waals surface area contributed by atoms with E-state index in [0.717, 1.165) is 26.8 Å². The van der Waals surface area contributed by atoms with Crippen LogP contribution in [0.3, 0.4) is 0 Å². The normalized spacial score (nSPS) is 19.1. The summed E-state index contributed by atoms with van der Waals surface area (Å²) in [5.41, 5.74) is 7.80. The molecule has 1 heterocycles. The number of nitrogens with zero attached hydrogens (tertiary/aromatic N) is 1. The van der Waals surface area contributed by atoms with Gasteiger partial charge in [0.2, 0.25) is 0 Å². The van der Waals surface area contributed by atoms with Crippen LogP contribution in [0, 0.1) is 22.2 Å². The minimum Gasteiger partial charge on any atom is -0.490 e. The molecule has 0 saturated heterocycles. The van der Waals surface area contributed by atoms with Crippen molar-refractivity contribution in [1.29, 1.82) is 0 Å². The van der Waals surface area contributed by atoms with Crippen molar-refractivity contribution in [3.63, 3.8) is 0 Å². The van der Waals surface area contributed by atoms with Gasteiger partial charge in [0.05, 0.1) is 21.9 Å². The Balaban J connectivity index is 1.18. The van der Waals surface area contributed by atoms with Gasteiger partial charge in [-0.05, 0) is 113 Å². The first-order chi connectivity index (χ1) is 20.0. The summed E-state index contributed by atoms with van der Waals surface area (Å²) >= 11 is 2.25. The highest BCUT2D eigenvalue weighted by molar-refractivity contribution is 14.1. The van der Waals surface area contributed by atoms with Crippen molar-refractivity contribution in [2.45, 2.75) is 38.8 Å². The van der Waals surface area contributed by atoms with Crippen LogP contribution in [-0.2, 0) is 6.61 Å². The molecule has 0 radical (unpaired) electrons. The predicted molar refractivity (Wildman–Crippen MR) is 172 cm³/mol. The van der Waals surface area contributed by atoms with Crippen molar-refractivity contribution in [3.05, 3.63) is 128 Å². The second-order valence-corrected chi connectivity index (χ2v) is 11.8. The lowest BCUT2D eigenvalue weighted by Gasteiger charge is -2.37. The first kappa shape index (κ1) is 27.5. The number of benzene rings is 4. The standard InChI is InChI=1S/C35H32FIN2O2/c1-3-40-33-19-24(18-31(37)35(33)41-21-23-6-4-7-26(36)17-23)20-38-27-13-11-25(12-14-27)34-29-9-5-8-28(29)30-16-22(2)10-15-32(30)39-34/h4-8,10-20,28-29,34,39H,3,9,21H2,1-2H3/t28-,29+,34+/m1/s1. The van der Waals surface area contributed by atoms with E-state index < -0.39 is 0 Å². The predicted octanol–water partition coefficient (Wildman–Crippen LogP) is 9.29. The van der Waals surface area contributed by atoms with Gasteiger partial charge < -0.3 is 14.8 Å². The Hall–Kier alpha value is -3.65. The fourth-order valence-corrected chi connectivity index (χ4v) is 6.59. The molecule has 6 rings (SSSR count). The van der Waals surface area contributed by atoms with Gasteiger partial charge >= 0.3 is 0 Å². The lowest BCUT2D eigenvalue weighted by molar-refractivity contribution is 0.267. The Morgan fingerprint density at radius 1 is 1.02 bits per heavy atom. The van der Waals surface area contributed by atoms with E-state index in [1.54, 1.807) is 6.07 Å². The van der Waals surface area contributed by atoms with Crippen LogP contribution >= 0.6 is 22.6 Å². The molecule has 1 aliphatic heterocycles. The first-order valence-electron chi connectivity index (χ1n) is 14.0. The molecular formula is C35H32FIN2O2. The van der Waals surface area contributed by atoms with Crippen molar-refractivity contribution in [2.75, 3.05) is 11.9 Å². The molecule has 0 bridgehead atoms. The maximum Gasteiger partial charge on any atom is 0.175 e. The zero-order chi connectivity index (χ0) is 28.3. The molecule has 0 unspecified atom stereocenters. The summed E-state index contributed by atoms with van der Waals surface area (Å²) in [4.78, 5) is 4.75. The summed E-state index contributed by atoms with van der Waals surface area (Å²) in [5.74, 6) is 1.98. The molecule has 2 aliphatic rings. The molecule has 0 fully saturated rings. The maximum atomic E-state index is 13.6. The number of ether oxygens (including phenoxy) is 2. The average Bonchev–Trinajstić information content (AvgIpc) is 3.46. The van der Waals surface area contributed by atoms with Crippen LogP contribution in [0.5, 0.6) is 11.5 Å². The van der Waals surface area contributed by atoms with E-state index in [1.807, 2.05) is 31.3 Å². The molecule has 208 valence electrons. The van der Waals surface area contributed by atoms with Crippen LogP contribution in [0.25, 0.3) is 0 Å². The van der Waals surface area contributed by atoms with Gasteiger partial charge in [-0.2, -0.15) is 0 Å². The van der Waals surface area contributed by atoms with Crippen LogP contribution in [0.1, 0.15) is 53.1 Å². The number of fused-ring (bicyclic) bond motifs is 3. The van der Waals surface area contributed by atoms with Crippen molar-refractivity contribution in [2.24, 2.45) is 10.9 Å². The van der Waals surface area contributed by atoms with Gasteiger partial charge in [-0.1, -0.05) is 54.1 Å². The summed E-state index contributed by atoms with van der Waals surface area (Å²) in [6.07, 6.45) is 7.64. The molecule has 41 heavy (non-hydrogen) atoms. The van der Waals surface area contributed by atoms with E-state index in [9.17, 15) is 4.39 Å². The molecule has 4 aromatic carbocycles.